The topological polar surface area (TPSA) is 12.9 Å². The number of hydrogen-bond acceptors (Lipinski definition) is 2. The summed E-state index contributed by atoms with van der Waals surface area (Å²) in [5, 5.41) is 0.866. The predicted octanol–water partition coefficient (Wildman–Crippen LogP) is 4.41. The molecule has 1 nitrogen and oxygen atoms in total. The van der Waals surface area contributed by atoms with Crippen LogP contribution in [0.4, 0.5) is 4.39 Å². The molecule has 1 aromatic heterocycles. The smallest absolute Gasteiger partial charge is 0.126 e. The predicted molar refractivity (Wildman–Crippen MR) is 69.8 cm³/mol. The average molecular weight is 243 g/mol. The molecule has 0 saturated heterocycles. The van der Waals surface area contributed by atoms with Gasteiger partial charge < -0.3 is 0 Å². The van der Waals surface area contributed by atoms with Crippen LogP contribution < -0.4 is 0 Å². The summed E-state index contributed by atoms with van der Waals surface area (Å²) in [7, 11) is 0. The SMILES string of the molecule is Cc1ccc(-c2nc3ccccc3s2)cc1F. The number of thiazole rings is 1. The van der Waals surface area contributed by atoms with E-state index in [1.54, 1.807) is 30.4 Å². The van der Waals surface area contributed by atoms with Gasteiger partial charge >= 0.3 is 0 Å². The Labute approximate surface area is 103 Å². The summed E-state index contributed by atoms with van der Waals surface area (Å²) >= 11 is 1.59. The molecule has 0 amide bonds. The molecule has 0 unspecified atom stereocenters. The molecule has 0 radical (unpaired) electrons. The second-order valence-corrected chi connectivity index (χ2v) is 4.98. The normalized spacial score (nSPS) is 10.9. The molecule has 0 fully saturated rings. The molecule has 0 spiro atoms. The fraction of sp³-hybridized carbons (Fsp3) is 0.0714. The Hall–Kier alpha value is -1.74. The Kier molecular flexibility index (Phi) is 2.41. The highest BCUT2D eigenvalue weighted by Crippen LogP contribution is 2.30. The van der Waals surface area contributed by atoms with Gasteiger partial charge in [-0.1, -0.05) is 24.3 Å². The van der Waals surface area contributed by atoms with Crippen LogP contribution in [0.3, 0.4) is 0 Å². The van der Waals surface area contributed by atoms with Crippen LogP contribution in [0.1, 0.15) is 5.56 Å². The molecule has 2 aromatic carbocycles. The van der Waals surface area contributed by atoms with E-state index >= 15 is 0 Å². The molecule has 1 heterocycles. The Morgan fingerprint density at radius 3 is 2.71 bits per heavy atom. The zero-order valence-electron chi connectivity index (χ0n) is 9.27. The van der Waals surface area contributed by atoms with E-state index in [-0.39, 0.29) is 5.82 Å². The van der Waals surface area contributed by atoms with Crippen molar-refractivity contribution in [2.24, 2.45) is 0 Å². The molecule has 0 aliphatic heterocycles. The van der Waals surface area contributed by atoms with Gasteiger partial charge in [-0.05, 0) is 30.7 Å². The number of halogens is 1. The number of fused-ring (bicyclic) bond motifs is 1. The summed E-state index contributed by atoms with van der Waals surface area (Å²) in [5.41, 5.74) is 2.47. The summed E-state index contributed by atoms with van der Waals surface area (Å²) in [6, 6.07) is 13.2. The van der Waals surface area contributed by atoms with E-state index in [4.69, 9.17) is 0 Å². The first-order chi connectivity index (χ1) is 8.24. The second kappa shape index (κ2) is 3.93. The van der Waals surface area contributed by atoms with Crippen LogP contribution in [0.25, 0.3) is 20.8 Å². The molecule has 0 aliphatic rings. The zero-order valence-corrected chi connectivity index (χ0v) is 10.1. The number of benzene rings is 2. The first-order valence-corrected chi connectivity index (χ1v) is 6.18. The minimum Gasteiger partial charge on any atom is -0.236 e. The summed E-state index contributed by atoms with van der Waals surface area (Å²) < 4.78 is 14.6. The van der Waals surface area contributed by atoms with Gasteiger partial charge in [0.15, 0.2) is 0 Å². The summed E-state index contributed by atoms with van der Waals surface area (Å²) in [6.07, 6.45) is 0. The fourth-order valence-corrected chi connectivity index (χ4v) is 2.68. The van der Waals surface area contributed by atoms with Gasteiger partial charge in [-0.15, -0.1) is 11.3 Å². The van der Waals surface area contributed by atoms with E-state index in [2.05, 4.69) is 4.98 Å². The first-order valence-electron chi connectivity index (χ1n) is 5.36. The van der Waals surface area contributed by atoms with Crippen molar-refractivity contribution in [3.05, 3.63) is 53.8 Å². The maximum Gasteiger partial charge on any atom is 0.126 e. The summed E-state index contributed by atoms with van der Waals surface area (Å²) in [4.78, 5) is 4.51. The van der Waals surface area contributed by atoms with Gasteiger partial charge in [-0.25, -0.2) is 9.37 Å². The second-order valence-electron chi connectivity index (χ2n) is 3.95. The monoisotopic (exact) mass is 243 g/mol. The van der Waals surface area contributed by atoms with Crippen LogP contribution in [0.5, 0.6) is 0 Å². The molecule has 84 valence electrons. The van der Waals surface area contributed by atoms with Crippen LogP contribution in [0.2, 0.25) is 0 Å². The minimum absolute atomic E-state index is 0.179. The summed E-state index contributed by atoms with van der Waals surface area (Å²) in [6.45, 7) is 1.76. The van der Waals surface area contributed by atoms with Crippen LogP contribution in [-0.4, -0.2) is 4.98 Å². The highest BCUT2D eigenvalue weighted by Gasteiger charge is 2.07. The van der Waals surface area contributed by atoms with Crippen molar-refractivity contribution in [2.75, 3.05) is 0 Å². The third-order valence-corrected chi connectivity index (χ3v) is 3.80. The summed E-state index contributed by atoms with van der Waals surface area (Å²) in [5.74, 6) is -0.179. The molecule has 0 bridgehead atoms. The van der Waals surface area contributed by atoms with Crippen molar-refractivity contribution in [2.45, 2.75) is 6.92 Å². The third kappa shape index (κ3) is 1.83. The van der Waals surface area contributed by atoms with Crippen LogP contribution >= 0.6 is 11.3 Å². The molecule has 17 heavy (non-hydrogen) atoms. The van der Waals surface area contributed by atoms with Crippen molar-refractivity contribution in [1.29, 1.82) is 0 Å². The van der Waals surface area contributed by atoms with Gasteiger partial charge in [0.25, 0.3) is 0 Å². The van der Waals surface area contributed by atoms with Crippen molar-refractivity contribution in [3.8, 4) is 10.6 Å². The third-order valence-electron chi connectivity index (χ3n) is 2.71. The lowest BCUT2D eigenvalue weighted by Gasteiger charge is -1.98. The van der Waals surface area contributed by atoms with E-state index in [9.17, 15) is 4.39 Å². The van der Waals surface area contributed by atoms with Crippen molar-refractivity contribution in [1.82, 2.24) is 4.98 Å². The Balaban J connectivity index is 2.17. The zero-order chi connectivity index (χ0) is 11.8. The highest BCUT2D eigenvalue weighted by atomic mass is 32.1. The van der Waals surface area contributed by atoms with Gasteiger partial charge in [0.2, 0.25) is 0 Å². The van der Waals surface area contributed by atoms with E-state index in [0.29, 0.717) is 5.56 Å². The van der Waals surface area contributed by atoms with Gasteiger partial charge in [0.05, 0.1) is 10.2 Å². The molecule has 3 rings (SSSR count). The molecule has 3 aromatic rings. The Morgan fingerprint density at radius 2 is 1.94 bits per heavy atom. The lowest BCUT2D eigenvalue weighted by Crippen LogP contribution is -1.83. The first kappa shape index (κ1) is 10.4. The average Bonchev–Trinajstić information content (AvgIpc) is 2.76. The molecule has 3 heteroatoms. The van der Waals surface area contributed by atoms with E-state index in [0.717, 1.165) is 20.8 Å². The van der Waals surface area contributed by atoms with Crippen LogP contribution in [0, 0.1) is 12.7 Å². The van der Waals surface area contributed by atoms with Gasteiger partial charge in [-0.3, -0.25) is 0 Å². The van der Waals surface area contributed by atoms with Crippen molar-refractivity contribution in [3.63, 3.8) is 0 Å². The van der Waals surface area contributed by atoms with E-state index in [1.807, 2.05) is 30.3 Å². The maximum absolute atomic E-state index is 13.5. The lowest BCUT2D eigenvalue weighted by atomic mass is 10.1. The van der Waals surface area contributed by atoms with Gasteiger partial charge in [-0.2, -0.15) is 0 Å². The Bertz CT molecular complexity index is 655. The standard InChI is InChI=1S/C14H10FNS/c1-9-6-7-10(8-11(9)15)14-16-12-4-2-3-5-13(12)17-14/h2-8H,1H3. The minimum atomic E-state index is -0.179. The van der Waals surface area contributed by atoms with Crippen molar-refractivity contribution >= 4 is 21.6 Å². The van der Waals surface area contributed by atoms with E-state index < -0.39 is 0 Å². The van der Waals surface area contributed by atoms with Gasteiger partial charge in [0, 0.05) is 5.56 Å². The van der Waals surface area contributed by atoms with E-state index in [1.165, 1.54) is 0 Å². The largest absolute Gasteiger partial charge is 0.236 e. The molecule has 0 atom stereocenters. The Morgan fingerprint density at radius 1 is 1.12 bits per heavy atom. The van der Waals surface area contributed by atoms with Crippen LogP contribution in [-0.2, 0) is 0 Å². The molecule has 0 N–H and O–H groups in total. The number of rotatable bonds is 1. The number of aryl methyl sites for hydroxylation is 1. The number of para-hydroxylation sites is 1. The molecular formula is C14H10FNS. The highest BCUT2D eigenvalue weighted by molar-refractivity contribution is 7.21. The van der Waals surface area contributed by atoms with Crippen LogP contribution in [0.15, 0.2) is 42.5 Å². The fourth-order valence-electron chi connectivity index (χ4n) is 1.72. The number of nitrogens with zero attached hydrogens (tertiary/aromatic N) is 1. The van der Waals surface area contributed by atoms with Crippen molar-refractivity contribution < 1.29 is 4.39 Å². The number of aromatic nitrogens is 1. The lowest BCUT2D eigenvalue weighted by molar-refractivity contribution is 0.619. The number of hydrogen-bond donors (Lipinski definition) is 0. The molecule has 0 aliphatic carbocycles. The molecular weight excluding hydrogens is 233 g/mol. The quantitative estimate of drug-likeness (QED) is 0.617. The maximum atomic E-state index is 13.5. The molecule has 0 saturated carbocycles. The van der Waals surface area contributed by atoms with Gasteiger partial charge in [0.1, 0.15) is 10.8 Å².